The van der Waals surface area contributed by atoms with Gasteiger partial charge in [-0.25, -0.2) is 0 Å². The van der Waals surface area contributed by atoms with E-state index in [0.29, 0.717) is 6.42 Å². The van der Waals surface area contributed by atoms with Gasteiger partial charge in [-0.1, -0.05) is 30.3 Å². The molecular weight excluding hydrogens is 163 g/mol. The Morgan fingerprint density at radius 1 is 1.25 bits per heavy atom. The van der Waals surface area contributed by atoms with Gasteiger partial charge in [-0.15, -0.1) is 0 Å². The van der Waals surface area contributed by atoms with Gasteiger partial charge in [0.05, 0.1) is 0 Å². The summed E-state index contributed by atoms with van der Waals surface area (Å²) in [5.41, 5.74) is 1.08. The number of rotatable bonds is 3. The van der Waals surface area contributed by atoms with Crippen LogP contribution in [0.4, 0.5) is 0 Å². The number of aliphatic carboxylic acids is 1. The number of carbonyl (C=O) groups is 1. The Hall–Kier alpha value is -0.310. The zero-order valence-corrected chi connectivity index (χ0v) is 9.16. The summed E-state index contributed by atoms with van der Waals surface area (Å²) < 4.78 is 0. The molecule has 59 valence electrons. The van der Waals surface area contributed by atoms with E-state index >= 15 is 0 Å². The van der Waals surface area contributed by atoms with Gasteiger partial charge >= 0.3 is 5.97 Å². The normalized spacial score (nSPS) is 8.67. The van der Waals surface area contributed by atoms with E-state index in [-0.39, 0.29) is 36.0 Å². The molecule has 1 aromatic carbocycles. The van der Waals surface area contributed by atoms with Crippen LogP contribution >= 0.6 is 0 Å². The van der Waals surface area contributed by atoms with Crippen molar-refractivity contribution >= 4 is 35.5 Å². The molecule has 0 aliphatic rings. The smallest absolute Gasteiger partial charge is 0.303 e. The van der Waals surface area contributed by atoms with Gasteiger partial charge < -0.3 is 5.11 Å². The van der Waals surface area contributed by atoms with Crippen molar-refractivity contribution in [3.8, 4) is 0 Å². The fraction of sp³-hybridized carbons (Fsp3) is 0.222. The summed E-state index contributed by atoms with van der Waals surface area (Å²) in [5.74, 6) is -0.742. The Kier molecular flexibility index (Phi) is 6.07. The summed E-state index contributed by atoms with van der Waals surface area (Å²) in [7, 11) is 0. The van der Waals surface area contributed by atoms with E-state index in [1.165, 1.54) is 0 Å². The van der Waals surface area contributed by atoms with Gasteiger partial charge in [0.25, 0.3) is 0 Å². The Bertz CT molecular complexity index is 234. The Balaban J connectivity index is 0.00000121. The van der Waals surface area contributed by atoms with Gasteiger partial charge in [-0.3, -0.25) is 4.79 Å². The Morgan fingerprint density at radius 2 is 1.83 bits per heavy atom. The van der Waals surface area contributed by atoms with Crippen molar-refractivity contribution in [2.75, 3.05) is 0 Å². The molecule has 0 aromatic heterocycles. The maximum Gasteiger partial charge on any atom is 0.303 e. The molecule has 0 aliphatic heterocycles. The van der Waals surface area contributed by atoms with Crippen LogP contribution in [-0.2, 0) is 11.2 Å². The molecule has 0 amide bonds. The molecule has 0 heterocycles. The summed E-state index contributed by atoms with van der Waals surface area (Å²) in [6.45, 7) is 0. The molecule has 0 fully saturated rings. The number of carboxylic acid groups (broad SMARTS) is 1. The second kappa shape index (κ2) is 6.23. The molecular formula is C9H10NaO2. The summed E-state index contributed by atoms with van der Waals surface area (Å²) >= 11 is 0. The minimum Gasteiger partial charge on any atom is -0.481 e. The maximum absolute atomic E-state index is 10.2. The standard InChI is InChI=1S/C9H10O2.Na/c10-9(11)7-6-8-4-2-1-3-5-8;/h1-5H,6-7H2,(H,10,11);. The van der Waals surface area contributed by atoms with Crippen molar-refractivity contribution in [1.82, 2.24) is 0 Å². The van der Waals surface area contributed by atoms with E-state index in [1.807, 2.05) is 30.3 Å². The average Bonchev–Trinajstić information content (AvgIpc) is 2.03. The van der Waals surface area contributed by atoms with Crippen molar-refractivity contribution in [1.29, 1.82) is 0 Å². The quantitative estimate of drug-likeness (QED) is 0.700. The zero-order valence-electron chi connectivity index (χ0n) is 7.16. The van der Waals surface area contributed by atoms with Gasteiger partial charge in [0, 0.05) is 36.0 Å². The predicted octanol–water partition coefficient (Wildman–Crippen LogP) is 1.32. The number of hydrogen-bond acceptors (Lipinski definition) is 1. The molecule has 0 atom stereocenters. The molecule has 1 aromatic rings. The first-order chi connectivity index (χ1) is 5.29. The topological polar surface area (TPSA) is 37.3 Å². The third kappa shape index (κ3) is 4.54. The first-order valence-electron chi connectivity index (χ1n) is 3.55. The molecule has 12 heavy (non-hydrogen) atoms. The maximum atomic E-state index is 10.2. The Labute approximate surface area is 93.9 Å². The predicted molar refractivity (Wildman–Crippen MR) is 48.2 cm³/mol. The van der Waals surface area contributed by atoms with Gasteiger partial charge in [0.2, 0.25) is 0 Å². The van der Waals surface area contributed by atoms with Crippen molar-refractivity contribution in [3.05, 3.63) is 35.9 Å². The third-order valence-corrected chi connectivity index (χ3v) is 1.47. The van der Waals surface area contributed by atoms with E-state index in [1.54, 1.807) is 0 Å². The Morgan fingerprint density at radius 3 is 2.33 bits per heavy atom. The first kappa shape index (κ1) is 11.7. The van der Waals surface area contributed by atoms with Crippen LogP contribution < -0.4 is 0 Å². The van der Waals surface area contributed by atoms with Crippen LogP contribution in [0.2, 0.25) is 0 Å². The molecule has 0 saturated heterocycles. The van der Waals surface area contributed by atoms with E-state index in [2.05, 4.69) is 0 Å². The molecule has 0 saturated carbocycles. The molecule has 2 nitrogen and oxygen atoms in total. The molecule has 3 heteroatoms. The van der Waals surface area contributed by atoms with Crippen LogP contribution in [0.5, 0.6) is 0 Å². The van der Waals surface area contributed by atoms with Crippen molar-refractivity contribution in [2.45, 2.75) is 12.8 Å². The molecule has 0 aliphatic carbocycles. The summed E-state index contributed by atoms with van der Waals surface area (Å²) in [4.78, 5) is 10.2. The van der Waals surface area contributed by atoms with E-state index in [4.69, 9.17) is 5.11 Å². The summed E-state index contributed by atoms with van der Waals surface area (Å²) in [6.07, 6.45) is 0.834. The molecule has 0 bridgehead atoms. The number of hydrogen-bond donors (Lipinski definition) is 1. The van der Waals surface area contributed by atoms with Crippen LogP contribution in [0.25, 0.3) is 0 Å². The van der Waals surface area contributed by atoms with Crippen LogP contribution in [0.1, 0.15) is 12.0 Å². The second-order valence-corrected chi connectivity index (χ2v) is 2.38. The van der Waals surface area contributed by atoms with Crippen LogP contribution in [0.15, 0.2) is 30.3 Å². The van der Waals surface area contributed by atoms with Gasteiger partial charge in [-0.2, -0.15) is 0 Å². The number of carboxylic acids is 1. The summed E-state index contributed by atoms with van der Waals surface area (Å²) in [5, 5.41) is 8.37. The minimum atomic E-state index is -0.742. The van der Waals surface area contributed by atoms with E-state index in [9.17, 15) is 4.79 Å². The molecule has 0 spiro atoms. The largest absolute Gasteiger partial charge is 0.481 e. The molecule has 1 rings (SSSR count). The summed E-state index contributed by atoms with van der Waals surface area (Å²) in [6, 6.07) is 9.62. The van der Waals surface area contributed by atoms with Gasteiger partial charge in [0.1, 0.15) is 0 Å². The third-order valence-electron chi connectivity index (χ3n) is 1.47. The van der Waals surface area contributed by atoms with E-state index in [0.717, 1.165) is 5.56 Å². The van der Waals surface area contributed by atoms with Crippen LogP contribution in [-0.4, -0.2) is 40.6 Å². The van der Waals surface area contributed by atoms with Crippen molar-refractivity contribution in [2.24, 2.45) is 0 Å². The first-order valence-corrected chi connectivity index (χ1v) is 3.55. The average molecular weight is 173 g/mol. The van der Waals surface area contributed by atoms with Gasteiger partial charge in [0.15, 0.2) is 0 Å². The SMILES string of the molecule is O=C(O)CCc1ccccc1.[Na]. The van der Waals surface area contributed by atoms with Crippen LogP contribution in [0.3, 0.4) is 0 Å². The fourth-order valence-corrected chi connectivity index (χ4v) is 0.896. The monoisotopic (exact) mass is 173 g/mol. The fourth-order valence-electron chi connectivity index (χ4n) is 0.896. The number of benzene rings is 1. The second-order valence-electron chi connectivity index (χ2n) is 2.38. The molecule has 1 radical (unpaired) electrons. The minimum absolute atomic E-state index is 0. The van der Waals surface area contributed by atoms with Crippen molar-refractivity contribution in [3.63, 3.8) is 0 Å². The molecule has 0 unspecified atom stereocenters. The molecule has 1 N–H and O–H groups in total. The number of aryl methyl sites for hydroxylation is 1. The van der Waals surface area contributed by atoms with Gasteiger partial charge in [-0.05, 0) is 12.0 Å². The van der Waals surface area contributed by atoms with Crippen LogP contribution in [0, 0.1) is 0 Å². The van der Waals surface area contributed by atoms with E-state index < -0.39 is 5.97 Å². The zero-order chi connectivity index (χ0) is 8.10. The van der Waals surface area contributed by atoms with Crippen molar-refractivity contribution < 1.29 is 9.90 Å².